The lowest BCUT2D eigenvalue weighted by atomic mass is 10.2. The van der Waals surface area contributed by atoms with Crippen LogP contribution in [0.5, 0.6) is 0 Å². The van der Waals surface area contributed by atoms with E-state index >= 15 is 0 Å². The summed E-state index contributed by atoms with van der Waals surface area (Å²) in [6.45, 7) is 2.20. The van der Waals surface area contributed by atoms with Crippen LogP contribution in [0.2, 0.25) is 0 Å². The van der Waals surface area contributed by atoms with Crippen molar-refractivity contribution >= 4 is 5.97 Å². The number of carbonyl (C=O) groups is 1. The lowest BCUT2D eigenvalue weighted by Gasteiger charge is -1.90. The van der Waals surface area contributed by atoms with E-state index in [1.54, 1.807) is 6.08 Å². The summed E-state index contributed by atoms with van der Waals surface area (Å²) in [4.78, 5) is 10.2. The minimum absolute atomic E-state index is 0.673. The maximum atomic E-state index is 10.2. The maximum absolute atomic E-state index is 10.2. The third kappa shape index (κ3) is 18.2. The van der Waals surface area contributed by atoms with Gasteiger partial charge in [0.25, 0.3) is 0 Å². The highest BCUT2D eigenvalue weighted by Gasteiger charge is 1.82. The minimum atomic E-state index is -0.892. The van der Waals surface area contributed by atoms with Crippen molar-refractivity contribution in [3.05, 3.63) is 60.8 Å². The van der Waals surface area contributed by atoms with E-state index < -0.39 is 5.97 Å². The number of carboxylic acids is 1. The Morgan fingerprint density at radius 2 is 1.18 bits per heavy atom. The molecular formula is C20H30O2. The summed E-state index contributed by atoms with van der Waals surface area (Å²) >= 11 is 0. The first kappa shape index (κ1) is 20.2. The van der Waals surface area contributed by atoms with E-state index in [-0.39, 0.29) is 0 Å². The normalized spacial score (nSPS) is 12.8. The standard InChI is InChI=1S/C20H30O2/c1-2-3-4-5-6-7-8-9-10-11-12-13-14-15-16-17-18-19-20(21)22/h4-5,9-10,12-13,15-16,18-19H,2-3,6-8,11,14,17H2,1H3,(H,21,22)/b5-4+,10-9+,13-12+,16-15+,19-18+. The van der Waals surface area contributed by atoms with Crippen LogP contribution in [-0.2, 0) is 4.79 Å². The third-order valence-electron chi connectivity index (χ3n) is 2.94. The van der Waals surface area contributed by atoms with Crippen molar-refractivity contribution < 1.29 is 9.90 Å². The van der Waals surface area contributed by atoms with Gasteiger partial charge in [0.05, 0.1) is 0 Å². The molecule has 0 saturated carbocycles. The Morgan fingerprint density at radius 3 is 1.73 bits per heavy atom. The zero-order chi connectivity index (χ0) is 16.3. The van der Waals surface area contributed by atoms with Crippen molar-refractivity contribution in [1.82, 2.24) is 0 Å². The van der Waals surface area contributed by atoms with Gasteiger partial charge >= 0.3 is 5.97 Å². The molecule has 2 nitrogen and oxygen atoms in total. The average molecular weight is 302 g/mol. The lowest BCUT2D eigenvalue weighted by Crippen LogP contribution is -1.84. The van der Waals surface area contributed by atoms with Crippen molar-refractivity contribution in [3.8, 4) is 0 Å². The minimum Gasteiger partial charge on any atom is -0.478 e. The second-order valence-corrected chi connectivity index (χ2v) is 5.05. The summed E-state index contributed by atoms with van der Waals surface area (Å²) in [5.74, 6) is -0.892. The molecule has 0 saturated heterocycles. The van der Waals surface area contributed by atoms with Gasteiger partial charge in [-0.2, -0.15) is 0 Å². The maximum Gasteiger partial charge on any atom is 0.327 e. The Hall–Kier alpha value is -1.83. The Kier molecular flexibility index (Phi) is 15.8. The van der Waals surface area contributed by atoms with E-state index in [2.05, 4.69) is 49.5 Å². The summed E-state index contributed by atoms with van der Waals surface area (Å²) in [6, 6.07) is 0. The van der Waals surface area contributed by atoms with Crippen LogP contribution in [-0.4, -0.2) is 11.1 Å². The molecule has 0 unspecified atom stereocenters. The largest absolute Gasteiger partial charge is 0.478 e. The predicted octanol–water partition coefficient (Wildman–Crippen LogP) is 5.99. The molecule has 1 N–H and O–H groups in total. The summed E-state index contributed by atoms with van der Waals surface area (Å²) in [7, 11) is 0. The molecule has 0 rings (SSSR count). The molecule has 0 fully saturated rings. The molecule has 0 aliphatic rings. The average Bonchev–Trinajstić information content (AvgIpc) is 2.50. The SMILES string of the molecule is CCC/C=C/CCC/C=C/C/C=C/C/C=C/C/C=C/C(=O)O. The van der Waals surface area contributed by atoms with Crippen LogP contribution in [0.25, 0.3) is 0 Å². The Balaban J connectivity index is 3.44. The molecule has 2 heteroatoms. The first-order valence-corrected chi connectivity index (χ1v) is 8.26. The monoisotopic (exact) mass is 302 g/mol. The molecule has 0 spiro atoms. The fraction of sp³-hybridized carbons (Fsp3) is 0.450. The molecule has 122 valence electrons. The fourth-order valence-electron chi connectivity index (χ4n) is 1.76. The highest BCUT2D eigenvalue weighted by atomic mass is 16.4. The Labute approximate surface area is 135 Å². The summed E-state index contributed by atoms with van der Waals surface area (Å²) in [6.07, 6.45) is 28.7. The van der Waals surface area contributed by atoms with Crippen LogP contribution < -0.4 is 0 Å². The predicted molar refractivity (Wildman–Crippen MR) is 95.9 cm³/mol. The molecule has 0 amide bonds. The summed E-state index contributed by atoms with van der Waals surface area (Å²) < 4.78 is 0. The van der Waals surface area contributed by atoms with E-state index in [9.17, 15) is 4.79 Å². The van der Waals surface area contributed by atoms with E-state index in [1.807, 2.05) is 6.08 Å². The van der Waals surface area contributed by atoms with Crippen molar-refractivity contribution in [2.24, 2.45) is 0 Å². The molecule has 0 aromatic heterocycles. The highest BCUT2D eigenvalue weighted by molar-refractivity contribution is 5.79. The molecule has 0 aliphatic carbocycles. The van der Waals surface area contributed by atoms with Crippen molar-refractivity contribution in [2.45, 2.75) is 58.3 Å². The number of hydrogen-bond donors (Lipinski definition) is 1. The molecule has 0 aromatic rings. The van der Waals surface area contributed by atoms with Crippen LogP contribution in [0, 0.1) is 0 Å². The van der Waals surface area contributed by atoms with E-state index in [1.165, 1.54) is 31.8 Å². The van der Waals surface area contributed by atoms with Gasteiger partial charge in [-0.15, -0.1) is 0 Å². The van der Waals surface area contributed by atoms with Crippen molar-refractivity contribution in [3.63, 3.8) is 0 Å². The topological polar surface area (TPSA) is 37.3 Å². The van der Waals surface area contributed by atoms with Gasteiger partial charge in [0, 0.05) is 6.08 Å². The molecule has 0 atom stereocenters. The number of rotatable bonds is 13. The molecular weight excluding hydrogens is 272 g/mol. The van der Waals surface area contributed by atoms with Crippen LogP contribution in [0.4, 0.5) is 0 Å². The second kappa shape index (κ2) is 17.2. The first-order valence-electron chi connectivity index (χ1n) is 8.26. The zero-order valence-corrected chi connectivity index (χ0v) is 13.8. The highest BCUT2D eigenvalue weighted by Crippen LogP contribution is 2.01. The molecule has 0 aliphatic heterocycles. The number of hydrogen-bond acceptors (Lipinski definition) is 1. The summed E-state index contributed by atoms with van der Waals surface area (Å²) in [5.41, 5.74) is 0. The summed E-state index contributed by atoms with van der Waals surface area (Å²) in [5, 5.41) is 8.41. The van der Waals surface area contributed by atoms with Gasteiger partial charge in [0.1, 0.15) is 0 Å². The van der Waals surface area contributed by atoms with Crippen LogP contribution in [0.15, 0.2) is 60.8 Å². The Morgan fingerprint density at radius 1 is 0.727 bits per heavy atom. The molecule has 0 heterocycles. The Bertz CT molecular complexity index is 398. The van der Waals surface area contributed by atoms with E-state index in [4.69, 9.17) is 5.11 Å². The zero-order valence-electron chi connectivity index (χ0n) is 13.8. The molecule has 0 aromatic carbocycles. The van der Waals surface area contributed by atoms with Gasteiger partial charge in [0.2, 0.25) is 0 Å². The lowest BCUT2D eigenvalue weighted by molar-refractivity contribution is -0.131. The van der Waals surface area contributed by atoms with Crippen LogP contribution in [0.1, 0.15) is 58.3 Å². The van der Waals surface area contributed by atoms with Gasteiger partial charge in [-0.3, -0.25) is 0 Å². The van der Waals surface area contributed by atoms with Gasteiger partial charge < -0.3 is 5.11 Å². The fourth-order valence-corrected chi connectivity index (χ4v) is 1.76. The van der Waals surface area contributed by atoms with E-state index in [0.717, 1.165) is 19.3 Å². The third-order valence-corrected chi connectivity index (χ3v) is 2.94. The smallest absolute Gasteiger partial charge is 0.327 e. The second-order valence-electron chi connectivity index (χ2n) is 5.05. The molecule has 0 radical (unpaired) electrons. The van der Waals surface area contributed by atoms with E-state index in [0.29, 0.717) is 6.42 Å². The van der Waals surface area contributed by atoms with Crippen molar-refractivity contribution in [2.75, 3.05) is 0 Å². The first-order chi connectivity index (χ1) is 10.8. The molecule has 0 bridgehead atoms. The molecule has 22 heavy (non-hydrogen) atoms. The van der Waals surface area contributed by atoms with Crippen molar-refractivity contribution in [1.29, 1.82) is 0 Å². The van der Waals surface area contributed by atoms with Crippen LogP contribution >= 0.6 is 0 Å². The van der Waals surface area contributed by atoms with Crippen LogP contribution in [0.3, 0.4) is 0 Å². The van der Waals surface area contributed by atoms with Gasteiger partial charge in [-0.05, 0) is 44.9 Å². The quantitative estimate of drug-likeness (QED) is 0.258. The number of unbranched alkanes of at least 4 members (excludes halogenated alkanes) is 3. The van der Waals surface area contributed by atoms with Gasteiger partial charge in [0.15, 0.2) is 0 Å². The van der Waals surface area contributed by atoms with Gasteiger partial charge in [-0.25, -0.2) is 4.79 Å². The number of allylic oxidation sites excluding steroid dienone is 9. The number of aliphatic carboxylic acids is 1. The number of carboxylic acid groups (broad SMARTS) is 1. The van der Waals surface area contributed by atoms with Gasteiger partial charge in [-0.1, -0.05) is 68.0 Å².